The van der Waals surface area contributed by atoms with Crippen molar-refractivity contribution in [1.82, 2.24) is 0 Å². The van der Waals surface area contributed by atoms with Crippen LogP contribution in [-0.4, -0.2) is 21.3 Å². The maximum Gasteiger partial charge on any atom is 0.416 e. The molecule has 0 heterocycles. The number of hydrogen-bond donors (Lipinski definition) is 0. The quantitative estimate of drug-likeness (QED) is 0.733. The van der Waals surface area contributed by atoms with Crippen LogP contribution in [0.4, 0.5) is 13.2 Å². The molecule has 0 radical (unpaired) electrons. The van der Waals surface area contributed by atoms with Crippen molar-refractivity contribution in [1.29, 1.82) is 0 Å². The van der Waals surface area contributed by atoms with Crippen LogP contribution in [0, 0.1) is 0 Å². The molecule has 0 atom stereocenters. The van der Waals surface area contributed by atoms with Crippen molar-refractivity contribution in [2.45, 2.75) is 12.6 Å². The van der Waals surface area contributed by atoms with Gasteiger partial charge in [-0.15, -0.1) is 0 Å². The Morgan fingerprint density at radius 2 is 1.56 bits per heavy atom. The van der Waals surface area contributed by atoms with Crippen molar-refractivity contribution in [3.8, 4) is 17.2 Å². The molecule has 0 fully saturated rings. The molecule has 6 heteroatoms. The average molecular weight is 352 g/mol. The van der Waals surface area contributed by atoms with Crippen molar-refractivity contribution >= 4 is 6.08 Å². The first-order valence-corrected chi connectivity index (χ1v) is 7.53. The molecule has 2 rings (SSSR count). The predicted molar refractivity (Wildman–Crippen MR) is 90.3 cm³/mol. The Balaban J connectivity index is 2.30. The van der Waals surface area contributed by atoms with Crippen molar-refractivity contribution in [2.75, 3.05) is 21.3 Å². The number of benzene rings is 2. The van der Waals surface area contributed by atoms with E-state index >= 15 is 0 Å². The molecule has 0 aromatic heterocycles. The topological polar surface area (TPSA) is 27.7 Å². The highest BCUT2D eigenvalue weighted by atomic mass is 19.4. The van der Waals surface area contributed by atoms with Crippen molar-refractivity contribution in [3.05, 3.63) is 59.2 Å². The van der Waals surface area contributed by atoms with Gasteiger partial charge in [0.1, 0.15) is 0 Å². The maximum atomic E-state index is 13.0. The molecule has 0 spiro atoms. The summed E-state index contributed by atoms with van der Waals surface area (Å²) in [6.07, 6.45) is -0.884. The molecule has 3 nitrogen and oxygen atoms in total. The lowest BCUT2D eigenvalue weighted by Gasteiger charge is -2.15. The summed E-state index contributed by atoms with van der Waals surface area (Å²) >= 11 is 0. The van der Waals surface area contributed by atoms with Gasteiger partial charge in [-0.1, -0.05) is 36.4 Å². The highest BCUT2D eigenvalue weighted by Gasteiger charge is 2.32. The molecule has 0 N–H and O–H groups in total. The van der Waals surface area contributed by atoms with Crippen LogP contribution in [0.3, 0.4) is 0 Å². The summed E-state index contributed by atoms with van der Waals surface area (Å²) in [5.41, 5.74) is 0.237. The van der Waals surface area contributed by atoms with Gasteiger partial charge < -0.3 is 14.2 Å². The normalized spacial score (nSPS) is 11.6. The van der Waals surface area contributed by atoms with E-state index in [0.29, 0.717) is 23.7 Å². The van der Waals surface area contributed by atoms with Crippen LogP contribution in [0.5, 0.6) is 17.2 Å². The van der Waals surface area contributed by atoms with Gasteiger partial charge in [-0.05, 0) is 24.1 Å². The van der Waals surface area contributed by atoms with Crippen molar-refractivity contribution in [2.24, 2.45) is 0 Å². The van der Waals surface area contributed by atoms with Gasteiger partial charge in [0.25, 0.3) is 0 Å². The fourth-order valence-corrected chi connectivity index (χ4v) is 2.54. The van der Waals surface area contributed by atoms with Gasteiger partial charge in [0, 0.05) is 5.56 Å². The Bertz CT molecular complexity index is 752. The number of hydrogen-bond acceptors (Lipinski definition) is 3. The minimum absolute atomic E-state index is 0.120. The molecule has 2 aromatic rings. The number of rotatable bonds is 6. The van der Waals surface area contributed by atoms with E-state index in [1.165, 1.54) is 39.5 Å². The lowest BCUT2D eigenvalue weighted by atomic mass is 10.0. The Morgan fingerprint density at radius 3 is 2.16 bits per heavy atom. The highest BCUT2D eigenvalue weighted by Crippen LogP contribution is 2.40. The fourth-order valence-electron chi connectivity index (χ4n) is 2.54. The molecule has 0 amide bonds. The number of allylic oxidation sites excluding steroid dienone is 1. The minimum atomic E-state index is -4.39. The van der Waals surface area contributed by atoms with E-state index < -0.39 is 11.7 Å². The van der Waals surface area contributed by atoms with E-state index in [-0.39, 0.29) is 5.56 Å². The van der Waals surface area contributed by atoms with E-state index in [1.807, 2.05) is 0 Å². The highest BCUT2D eigenvalue weighted by molar-refractivity contribution is 5.58. The summed E-state index contributed by atoms with van der Waals surface area (Å²) in [5, 5.41) is 0. The third-order valence-corrected chi connectivity index (χ3v) is 3.69. The Kier molecular flexibility index (Phi) is 5.96. The van der Waals surface area contributed by atoms with Crippen LogP contribution in [0.1, 0.15) is 16.7 Å². The molecule has 0 bridgehead atoms. The van der Waals surface area contributed by atoms with Crippen LogP contribution in [0.2, 0.25) is 0 Å². The molecule has 25 heavy (non-hydrogen) atoms. The molecule has 2 aromatic carbocycles. The molecule has 0 aliphatic carbocycles. The van der Waals surface area contributed by atoms with Crippen LogP contribution in [0.15, 0.2) is 42.5 Å². The summed E-state index contributed by atoms with van der Waals surface area (Å²) in [7, 11) is 4.52. The van der Waals surface area contributed by atoms with E-state index in [4.69, 9.17) is 14.2 Å². The molecule has 0 unspecified atom stereocenters. The first kappa shape index (κ1) is 18.7. The maximum absolute atomic E-state index is 13.0. The van der Waals surface area contributed by atoms with E-state index in [2.05, 4.69) is 0 Å². The smallest absolute Gasteiger partial charge is 0.416 e. The van der Waals surface area contributed by atoms with Gasteiger partial charge in [0.15, 0.2) is 11.5 Å². The second-order valence-corrected chi connectivity index (χ2v) is 5.18. The van der Waals surface area contributed by atoms with Crippen LogP contribution < -0.4 is 14.2 Å². The molecule has 0 aliphatic heterocycles. The summed E-state index contributed by atoms with van der Waals surface area (Å²) < 4.78 is 54.9. The van der Waals surface area contributed by atoms with Gasteiger partial charge in [-0.3, -0.25) is 0 Å². The fraction of sp³-hybridized carbons (Fsp3) is 0.263. The van der Waals surface area contributed by atoms with Crippen LogP contribution in [-0.2, 0) is 12.6 Å². The zero-order valence-corrected chi connectivity index (χ0v) is 14.2. The van der Waals surface area contributed by atoms with Crippen LogP contribution >= 0.6 is 0 Å². The molecule has 0 aliphatic rings. The minimum Gasteiger partial charge on any atom is -0.493 e. The zero-order chi connectivity index (χ0) is 18.4. The summed E-state index contributed by atoms with van der Waals surface area (Å²) in [6, 6.07) is 8.97. The Labute approximate surface area is 144 Å². The molecule has 0 saturated carbocycles. The van der Waals surface area contributed by atoms with E-state index in [0.717, 1.165) is 11.6 Å². The SMILES string of the molecule is COc1ccc(C/C=C/c2ccccc2C(F)(F)F)c(OC)c1OC. The number of alkyl halides is 3. The molecular weight excluding hydrogens is 333 g/mol. The second-order valence-electron chi connectivity index (χ2n) is 5.18. The number of halogens is 3. The van der Waals surface area contributed by atoms with Crippen molar-refractivity contribution in [3.63, 3.8) is 0 Å². The van der Waals surface area contributed by atoms with Gasteiger partial charge in [-0.25, -0.2) is 0 Å². The standard InChI is InChI=1S/C19H19F3O3/c1-23-16-12-11-14(17(24-2)18(16)25-3)9-6-8-13-7-4-5-10-15(13)19(20,21)22/h4-8,10-12H,9H2,1-3H3/b8-6+. The number of methoxy groups -OCH3 is 3. The van der Waals surface area contributed by atoms with Crippen LogP contribution in [0.25, 0.3) is 6.08 Å². The Hall–Kier alpha value is -2.63. The van der Waals surface area contributed by atoms with Gasteiger partial charge >= 0.3 is 6.18 Å². The number of ether oxygens (including phenoxy) is 3. The Morgan fingerprint density at radius 1 is 0.880 bits per heavy atom. The van der Waals surface area contributed by atoms with Gasteiger partial charge in [0.2, 0.25) is 5.75 Å². The third kappa shape index (κ3) is 4.26. The third-order valence-electron chi connectivity index (χ3n) is 3.69. The first-order valence-electron chi connectivity index (χ1n) is 7.53. The molecule has 134 valence electrons. The van der Waals surface area contributed by atoms with E-state index in [1.54, 1.807) is 24.3 Å². The summed E-state index contributed by atoms with van der Waals surface area (Å²) in [5.74, 6) is 1.47. The molecule has 0 saturated heterocycles. The molecular formula is C19H19F3O3. The zero-order valence-electron chi connectivity index (χ0n) is 14.2. The monoisotopic (exact) mass is 352 g/mol. The van der Waals surface area contributed by atoms with Gasteiger partial charge in [-0.2, -0.15) is 13.2 Å². The first-order chi connectivity index (χ1) is 11.9. The van der Waals surface area contributed by atoms with E-state index in [9.17, 15) is 13.2 Å². The average Bonchev–Trinajstić information content (AvgIpc) is 2.60. The van der Waals surface area contributed by atoms with Gasteiger partial charge in [0.05, 0.1) is 26.9 Å². The largest absolute Gasteiger partial charge is 0.493 e. The lowest BCUT2D eigenvalue weighted by molar-refractivity contribution is -0.137. The summed E-state index contributed by atoms with van der Waals surface area (Å²) in [4.78, 5) is 0. The summed E-state index contributed by atoms with van der Waals surface area (Å²) in [6.45, 7) is 0. The van der Waals surface area contributed by atoms with Crippen molar-refractivity contribution < 1.29 is 27.4 Å². The second kappa shape index (κ2) is 7.96. The predicted octanol–water partition coefficient (Wildman–Crippen LogP) is 4.99. The lowest BCUT2D eigenvalue weighted by Crippen LogP contribution is -2.06.